The summed E-state index contributed by atoms with van der Waals surface area (Å²) in [7, 11) is 0. The van der Waals surface area contributed by atoms with E-state index in [-0.39, 0.29) is 22.7 Å². The lowest BCUT2D eigenvalue weighted by Gasteiger charge is -2.22. The zero-order valence-electron chi connectivity index (χ0n) is 14.8. The lowest BCUT2D eigenvalue weighted by molar-refractivity contribution is -0.385. The molecule has 0 fully saturated rings. The molecule has 1 unspecified atom stereocenters. The van der Waals surface area contributed by atoms with E-state index in [1.807, 2.05) is 6.92 Å². The van der Waals surface area contributed by atoms with E-state index in [9.17, 15) is 25.0 Å². The maximum atomic E-state index is 12.5. The van der Waals surface area contributed by atoms with Crippen LogP contribution < -0.4 is 4.74 Å². The topological polar surface area (TPSA) is 125 Å². The summed E-state index contributed by atoms with van der Waals surface area (Å²) in [4.78, 5) is 37.6. The molecule has 3 rings (SSSR count). The molecule has 1 atom stereocenters. The smallest absolute Gasteiger partial charge is 0.345 e. The van der Waals surface area contributed by atoms with Gasteiger partial charge in [0.15, 0.2) is 0 Å². The first-order valence-electron chi connectivity index (χ1n) is 8.35. The van der Waals surface area contributed by atoms with Gasteiger partial charge in [-0.2, -0.15) is 0 Å². The average Bonchev–Trinajstić information content (AvgIpc) is 3.14. The Morgan fingerprint density at radius 1 is 1.07 bits per heavy atom. The number of non-ortho nitro benzene ring substituents is 1. The predicted octanol–water partition coefficient (Wildman–Crippen LogP) is 3.72. The third kappa shape index (κ3) is 3.50. The van der Waals surface area contributed by atoms with E-state index in [1.165, 1.54) is 42.6 Å². The van der Waals surface area contributed by atoms with E-state index in [1.54, 1.807) is 18.2 Å². The Morgan fingerprint density at radius 2 is 1.75 bits per heavy atom. The monoisotopic (exact) mass is 381 g/mol. The molecule has 2 aromatic rings. The zero-order valence-corrected chi connectivity index (χ0v) is 14.8. The number of ether oxygens (including phenoxy) is 1. The van der Waals surface area contributed by atoms with Gasteiger partial charge in [-0.3, -0.25) is 25.2 Å². The lowest BCUT2D eigenvalue weighted by Crippen LogP contribution is -2.18. The molecule has 28 heavy (non-hydrogen) atoms. The molecule has 0 saturated heterocycles. The Kier molecular flexibility index (Phi) is 4.99. The lowest BCUT2D eigenvalue weighted by atomic mass is 9.87. The maximum Gasteiger partial charge on any atom is 0.345 e. The molecule has 0 bridgehead atoms. The molecule has 0 radical (unpaired) electrons. The fourth-order valence-electron chi connectivity index (χ4n) is 2.91. The van der Waals surface area contributed by atoms with Crippen molar-refractivity contribution < 1.29 is 19.4 Å². The van der Waals surface area contributed by atoms with Gasteiger partial charge in [0, 0.05) is 24.4 Å². The zero-order chi connectivity index (χ0) is 20.3. The van der Waals surface area contributed by atoms with E-state index in [2.05, 4.69) is 4.99 Å². The first-order valence-corrected chi connectivity index (χ1v) is 8.35. The second-order valence-electron chi connectivity index (χ2n) is 6.05. The van der Waals surface area contributed by atoms with Crippen LogP contribution in [0.4, 0.5) is 11.4 Å². The van der Waals surface area contributed by atoms with Gasteiger partial charge >= 0.3 is 11.7 Å². The van der Waals surface area contributed by atoms with Crippen LogP contribution in [0.25, 0.3) is 0 Å². The average molecular weight is 381 g/mol. The van der Waals surface area contributed by atoms with Gasteiger partial charge in [0.1, 0.15) is 5.54 Å². The van der Waals surface area contributed by atoms with Crippen molar-refractivity contribution in [3.63, 3.8) is 0 Å². The number of nitrogens with zero attached hydrogens (tertiary/aromatic N) is 3. The van der Waals surface area contributed by atoms with Crippen LogP contribution in [-0.2, 0) is 10.3 Å². The first-order chi connectivity index (χ1) is 13.4. The van der Waals surface area contributed by atoms with E-state index in [0.717, 1.165) is 0 Å². The van der Waals surface area contributed by atoms with Crippen LogP contribution in [0.2, 0.25) is 0 Å². The quantitative estimate of drug-likeness (QED) is 0.325. The summed E-state index contributed by atoms with van der Waals surface area (Å²) in [6.45, 7) is 1.87. The Hall–Kier alpha value is -3.88. The van der Waals surface area contributed by atoms with Crippen molar-refractivity contribution in [2.75, 3.05) is 0 Å². The van der Waals surface area contributed by atoms with Crippen molar-refractivity contribution >= 4 is 23.6 Å². The third-order valence-electron chi connectivity index (χ3n) is 4.45. The minimum atomic E-state index is -0.855. The van der Waals surface area contributed by atoms with Crippen molar-refractivity contribution in [2.45, 2.75) is 18.9 Å². The molecule has 1 heterocycles. The molecule has 9 heteroatoms. The largest absolute Gasteiger partial charge is 0.416 e. The molecular weight excluding hydrogens is 366 g/mol. The molecule has 0 aromatic heterocycles. The number of benzene rings is 2. The molecular formula is C19H15N3O6. The van der Waals surface area contributed by atoms with Crippen molar-refractivity contribution in [3.05, 3.63) is 86.0 Å². The number of para-hydroxylation sites is 2. The Balaban J connectivity index is 1.87. The van der Waals surface area contributed by atoms with Gasteiger partial charge in [0.2, 0.25) is 5.75 Å². The van der Waals surface area contributed by atoms with Crippen LogP contribution in [0.1, 0.15) is 18.9 Å². The second-order valence-corrected chi connectivity index (χ2v) is 6.05. The van der Waals surface area contributed by atoms with Gasteiger partial charge in [-0.15, -0.1) is 0 Å². The van der Waals surface area contributed by atoms with Crippen molar-refractivity contribution in [1.29, 1.82) is 0 Å². The van der Waals surface area contributed by atoms with E-state index in [0.29, 0.717) is 12.0 Å². The van der Waals surface area contributed by atoms with Gasteiger partial charge < -0.3 is 4.74 Å². The Bertz CT molecular complexity index is 1010. The van der Waals surface area contributed by atoms with Gasteiger partial charge in [-0.1, -0.05) is 19.1 Å². The van der Waals surface area contributed by atoms with Gasteiger partial charge in [-0.25, -0.2) is 4.79 Å². The van der Waals surface area contributed by atoms with Gasteiger partial charge in [0.25, 0.3) is 5.69 Å². The van der Waals surface area contributed by atoms with Crippen LogP contribution in [-0.4, -0.2) is 22.0 Å². The summed E-state index contributed by atoms with van der Waals surface area (Å²) in [5.41, 5.74) is -0.379. The Labute approximate surface area is 159 Å². The van der Waals surface area contributed by atoms with E-state index >= 15 is 0 Å². The van der Waals surface area contributed by atoms with Crippen molar-refractivity contribution in [2.24, 2.45) is 4.99 Å². The number of carbonyl (C=O) groups is 1. The van der Waals surface area contributed by atoms with Crippen LogP contribution in [0.3, 0.4) is 0 Å². The predicted molar refractivity (Wildman–Crippen MR) is 100 cm³/mol. The number of hydrogen-bond acceptors (Lipinski definition) is 7. The molecule has 2 aromatic carbocycles. The highest BCUT2D eigenvalue weighted by Gasteiger charge is 2.34. The molecule has 1 aliphatic rings. The van der Waals surface area contributed by atoms with Crippen LogP contribution in [0.15, 0.2) is 65.2 Å². The van der Waals surface area contributed by atoms with E-state index < -0.39 is 21.4 Å². The number of aliphatic imine (C=N–C) groups is 1. The Morgan fingerprint density at radius 3 is 2.36 bits per heavy atom. The highest BCUT2D eigenvalue weighted by molar-refractivity contribution is 6.12. The number of rotatable bonds is 6. The number of esters is 1. The molecule has 0 amide bonds. The summed E-state index contributed by atoms with van der Waals surface area (Å²) in [5.74, 6) is -0.925. The highest BCUT2D eigenvalue weighted by atomic mass is 16.6. The summed E-state index contributed by atoms with van der Waals surface area (Å²) in [6, 6.07) is 11.5. The fraction of sp³-hybridized carbons (Fsp3) is 0.158. The molecule has 1 aliphatic heterocycles. The fourth-order valence-corrected chi connectivity index (χ4v) is 2.91. The first kappa shape index (κ1) is 18.9. The molecule has 0 spiro atoms. The van der Waals surface area contributed by atoms with E-state index in [4.69, 9.17) is 4.74 Å². The summed E-state index contributed by atoms with van der Waals surface area (Å²) in [6.07, 6.45) is 3.46. The molecule has 0 saturated carbocycles. The maximum absolute atomic E-state index is 12.5. The van der Waals surface area contributed by atoms with Crippen LogP contribution in [0, 0.1) is 20.2 Å². The number of nitro groups is 2. The van der Waals surface area contributed by atoms with Gasteiger partial charge in [0.05, 0.1) is 15.4 Å². The van der Waals surface area contributed by atoms with Crippen LogP contribution in [0.5, 0.6) is 5.75 Å². The van der Waals surface area contributed by atoms with Gasteiger partial charge in [-0.05, 0) is 36.3 Å². The number of carbonyl (C=O) groups excluding carboxylic acids is 1. The summed E-state index contributed by atoms with van der Waals surface area (Å²) >= 11 is 0. The number of hydrogen-bond donors (Lipinski definition) is 0. The third-order valence-corrected chi connectivity index (χ3v) is 4.45. The van der Waals surface area contributed by atoms with Crippen molar-refractivity contribution in [1.82, 2.24) is 0 Å². The molecule has 9 nitrogen and oxygen atoms in total. The number of nitro benzene ring substituents is 2. The summed E-state index contributed by atoms with van der Waals surface area (Å²) in [5, 5.41) is 21.9. The minimum absolute atomic E-state index is 0.0445. The molecule has 0 N–H and O–H groups in total. The van der Waals surface area contributed by atoms with Crippen molar-refractivity contribution in [3.8, 4) is 5.75 Å². The minimum Gasteiger partial charge on any atom is -0.416 e. The summed E-state index contributed by atoms with van der Waals surface area (Å²) < 4.78 is 5.19. The normalized spacial score (nSPS) is 17.8. The van der Waals surface area contributed by atoms with Crippen LogP contribution >= 0.6 is 0 Å². The molecule has 0 aliphatic carbocycles. The SMILES string of the molecule is CCC1(c2ccc([N+](=O)[O-])cc2)C=C(C(=O)Oc2ccccc2[N+](=O)[O-])C=N1. The standard InChI is InChI=1S/C19H15N3O6/c1-2-19(14-7-9-15(10-8-14)21(24)25)11-13(12-20-19)18(23)28-17-6-4-3-5-16(17)22(26)27/h3-12H,2H2,1H3. The highest BCUT2D eigenvalue weighted by Crippen LogP contribution is 2.37. The second kappa shape index (κ2) is 7.39. The molecule has 142 valence electrons.